The van der Waals surface area contributed by atoms with Gasteiger partial charge in [0.25, 0.3) is 6.43 Å². The Hall–Kier alpha value is -1.03. The van der Waals surface area contributed by atoms with E-state index in [0.29, 0.717) is 6.29 Å². The Labute approximate surface area is 78.5 Å². The third kappa shape index (κ3) is 1.83. The van der Waals surface area contributed by atoms with Crippen molar-refractivity contribution in [2.75, 3.05) is 0 Å². The first-order valence-corrected chi connectivity index (χ1v) is 3.84. The number of aromatic nitrogens is 1. The van der Waals surface area contributed by atoms with Crippen LogP contribution < -0.4 is 0 Å². The second kappa shape index (κ2) is 3.79. The summed E-state index contributed by atoms with van der Waals surface area (Å²) in [7, 11) is 0. The van der Waals surface area contributed by atoms with Crippen LogP contribution >= 0.6 is 11.6 Å². The number of carbonyl (C=O) groups excluding carboxylic acids is 1. The van der Waals surface area contributed by atoms with Crippen LogP contribution in [0.1, 0.15) is 27.9 Å². The molecule has 1 rings (SSSR count). The first kappa shape index (κ1) is 10.1. The molecule has 0 atom stereocenters. The Kier molecular flexibility index (Phi) is 2.93. The predicted molar refractivity (Wildman–Crippen MR) is 44.3 cm³/mol. The summed E-state index contributed by atoms with van der Waals surface area (Å²) in [4.78, 5) is 14.0. The molecule has 0 spiro atoms. The molecule has 0 saturated heterocycles. The van der Waals surface area contributed by atoms with E-state index in [1.54, 1.807) is 0 Å². The van der Waals surface area contributed by atoms with Gasteiger partial charge in [0.1, 0.15) is 5.15 Å². The van der Waals surface area contributed by atoms with Gasteiger partial charge in [-0.25, -0.2) is 13.8 Å². The maximum Gasteiger partial charge on any atom is 0.264 e. The van der Waals surface area contributed by atoms with Crippen LogP contribution in [0.15, 0.2) is 6.20 Å². The first-order valence-electron chi connectivity index (χ1n) is 3.46. The zero-order chi connectivity index (χ0) is 10.0. The standard InChI is InChI=1S/C8H6ClF2NO/c1-4-6(8(10)11)5(3-13)2-12-7(4)9/h2-3,8H,1H3. The molecule has 0 amide bonds. The molecule has 1 aromatic rings. The zero-order valence-electron chi connectivity index (χ0n) is 6.72. The van der Waals surface area contributed by atoms with Crippen molar-refractivity contribution in [3.63, 3.8) is 0 Å². The molecule has 0 N–H and O–H groups in total. The molecule has 0 saturated carbocycles. The smallest absolute Gasteiger partial charge is 0.264 e. The molecule has 0 aliphatic rings. The molecule has 0 aliphatic heterocycles. The highest BCUT2D eigenvalue weighted by molar-refractivity contribution is 6.30. The minimum Gasteiger partial charge on any atom is -0.298 e. The van der Waals surface area contributed by atoms with Gasteiger partial charge in [-0.2, -0.15) is 0 Å². The summed E-state index contributed by atoms with van der Waals surface area (Å²) in [5.74, 6) is 0. The van der Waals surface area contributed by atoms with Crippen molar-refractivity contribution < 1.29 is 13.6 Å². The topological polar surface area (TPSA) is 30.0 Å². The van der Waals surface area contributed by atoms with E-state index >= 15 is 0 Å². The summed E-state index contributed by atoms with van der Waals surface area (Å²) in [6.45, 7) is 1.41. The molecule has 0 aromatic carbocycles. The van der Waals surface area contributed by atoms with Gasteiger partial charge in [-0.15, -0.1) is 0 Å². The molecule has 0 radical (unpaired) electrons. The number of nitrogens with zero attached hydrogens (tertiary/aromatic N) is 1. The molecule has 70 valence electrons. The fourth-order valence-electron chi connectivity index (χ4n) is 1.00. The highest BCUT2D eigenvalue weighted by Crippen LogP contribution is 2.28. The van der Waals surface area contributed by atoms with Crippen molar-refractivity contribution in [1.29, 1.82) is 0 Å². The van der Waals surface area contributed by atoms with Crippen LogP contribution in [-0.2, 0) is 0 Å². The van der Waals surface area contributed by atoms with Gasteiger partial charge in [0.15, 0.2) is 6.29 Å². The molecule has 5 heteroatoms. The molecule has 0 bridgehead atoms. The number of hydrogen-bond acceptors (Lipinski definition) is 2. The van der Waals surface area contributed by atoms with Crippen molar-refractivity contribution in [2.45, 2.75) is 13.3 Å². The van der Waals surface area contributed by atoms with Crippen LogP contribution in [0.25, 0.3) is 0 Å². The van der Waals surface area contributed by atoms with E-state index in [2.05, 4.69) is 4.98 Å². The highest BCUT2D eigenvalue weighted by Gasteiger charge is 2.18. The Morgan fingerprint density at radius 1 is 1.62 bits per heavy atom. The van der Waals surface area contributed by atoms with Crippen LogP contribution in [0.4, 0.5) is 8.78 Å². The molecular weight excluding hydrogens is 200 g/mol. The summed E-state index contributed by atoms with van der Waals surface area (Å²) < 4.78 is 24.8. The normalized spacial score (nSPS) is 10.5. The highest BCUT2D eigenvalue weighted by atomic mass is 35.5. The van der Waals surface area contributed by atoms with E-state index < -0.39 is 6.43 Å². The minimum absolute atomic E-state index is 0.000833. The maximum atomic E-state index is 12.4. The molecule has 0 unspecified atom stereocenters. The molecule has 1 heterocycles. The zero-order valence-corrected chi connectivity index (χ0v) is 7.48. The number of halogens is 3. The van der Waals surface area contributed by atoms with Crippen LogP contribution in [-0.4, -0.2) is 11.3 Å². The van der Waals surface area contributed by atoms with Gasteiger partial charge < -0.3 is 0 Å². The third-order valence-electron chi connectivity index (χ3n) is 1.69. The number of rotatable bonds is 2. The molecule has 0 fully saturated rings. The van der Waals surface area contributed by atoms with Gasteiger partial charge in [-0.05, 0) is 12.5 Å². The van der Waals surface area contributed by atoms with Gasteiger partial charge in [-0.3, -0.25) is 4.79 Å². The Bertz CT molecular complexity index is 341. The number of carbonyl (C=O) groups is 1. The van der Waals surface area contributed by atoms with Gasteiger partial charge in [0.2, 0.25) is 0 Å². The van der Waals surface area contributed by atoms with Gasteiger partial charge in [0, 0.05) is 17.3 Å². The summed E-state index contributed by atoms with van der Waals surface area (Å²) in [6, 6.07) is 0. The van der Waals surface area contributed by atoms with Crippen molar-refractivity contribution in [3.8, 4) is 0 Å². The molecule has 1 aromatic heterocycles. The summed E-state index contributed by atoms with van der Waals surface area (Å²) >= 11 is 5.53. The molecule has 2 nitrogen and oxygen atoms in total. The lowest BCUT2D eigenvalue weighted by Crippen LogP contribution is -1.99. The number of alkyl halides is 2. The lowest BCUT2D eigenvalue weighted by molar-refractivity contribution is 0.110. The second-order valence-electron chi connectivity index (χ2n) is 2.46. The summed E-state index contributed by atoms with van der Waals surface area (Å²) in [5.41, 5.74) is -0.298. The van der Waals surface area contributed by atoms with Crippen LogP contribution in [0.3, 0.4) is 0 Å². The molecule has 13 heavy (non-hydrogen) atoms. The summed E-state index contributed by atoms with van der Waals surface area (Å²) in [6.07, 6.45) is -1.32. The second-order valence-corrected chi connectivity index (χ2v) is 2.82. The minimum atomic E-state index is -2.71. The number of pyridine rings is 1. The van der Waals surface area contributed by atoms with E-state index in [4.69, 9.17) is 11.6 Å². The average molecular weight is 206 g/mol. The predicted octanol–water partition coefficient (Wildman–Crippen LogP) is 2.79. The largest absolute Gasteiger partial charge is 0.298 e. The van der Waals surface area contributed by atoms with Crippen molar-refractivity contribution in [2.24, 2.45) is 0 Å². The van der Waals surface area contributed by atoms with E-state index in [1.807, 2.05) is 0 Å². The maximum absolute atomic E-state index is 12.4. The van der Waals surface area contributed by atoms with E-state index in [1.165, 1.54) is 6.92 Å². The fourth-order valence-corrected chi connectivity index (χ4v) is 1.15. The Balaban J connectivity index is 3.41. The molecule has 0 aliphatic carbocycles. The number of aldehydes is 1. The lowest BCUT2D eigenvalue weighted by Gasteiger charge is -2.07. The fraction of sp³-hybridized carbons (Fsp3) is 0.250. The molecular formula is C8H6ClF2NO. The third-order valence-corrected chi connectivity index (χ3v) is 2.07. The number of hydrogen-bond donors (Lipinski definition) is 0. The Morgan fingerprint density at radius 2 is 2.23 bits per heavy atom. The van der Waals surface area contributed by atoms with E-state index in [-0.39, 0.29) is 21.8 Å². The van der Waals surface area contributed by atoms with E-state index in [9.17, 15) is 13.6 Å². The van der Waals surface area contributed by atoms with Crippen molar-refractivity contribution >= 4 is 17.9 Å². The van der Waals surface area contributed by atoms with Crippen LogP contribution in [0, 0.1) is 6.92 Å². The quantitative estimate of drug-likeness (QED) is 0.549. The SMILES string of the molecule is Cc1c(Cl)ncc(C=O)c1C(F)F. The van der Waals surface area contributed by atoms with Crippen molar-refractivity contribution in [3.05, 3.63) is 28.0 Å². The summed E-state index contributed by atoms with van der Waals surface area (Å²) in [5, 5.41) is 0.000833. The van der Waals surface area contributed by atoms with Gasteiger partial charge >= 0.3 is 0 Å². The van der Waals surface area contributed by atoms with Crippen LogP contribution in [0.5, 0.6) is 0 Å². The Morgan fingerprint density at radius 3 is 2.69 bits per heavy atom. The van der Waals surface area contributed by atoms with Crippen LogP contribution in [0.2, 0.25) is 5.15 Å². The monoisotopic (exact) mass is 205 g/mol. The first-order chi connectivity index (χ1) is 6.07. The lowest BCUT2D eigenvalue weighted by atomic mass is 10.1. The van der Waals surface area contributed by atoms with Gasteiger partial charge in [0.05, 0.1) is 0 Å². The van der Waals surface area contributed by atoms with Gasteiger partial charge in [-0.1, -0.05) is 11.6 Å². The average Bonchev–Trinajstić information content (AvgIpc) is 2.08. The van der Waals surface area contributed by atoms with E-state index in [0.717, 1.165) is 6.20 Å². The van der Waals surface area contributed by atoms with Crippen molar-refractivity contribution in [1.82, 2.24) is 4.98 Å².